The van der Waals surface area contributed by atoms with Gasteiger partial charge in [-0.15, -0.1) is 0 Å². The van der Waals surface area contributed by atoms with Crippen molar-refractivity contribution in [2.45, 2.75) is 18.3 Å². The van der Waals surface area contributed by atoms with E-state index >= 15 is 0 Å². The minimum atomic E-state index is -4.35. The standard InChI is InChI=1S/C11H14F3N3O/c1-18-9-6-15-5-8(9)17-10-3-2-7(4-16-10)11(12,13)14/h2-4,8-9,15H,5-6H2,1H3,(H,16,17)/t8?,9-/m0/s1. The van der Waals surface area contributed by atoms with E-state index in [2.05, 4.69) is 15.6 Å². The number of methoxy groups -OCH3 is 1. The largest absolute Gasteiger partial charge is 0.417 e. The number of aromatic nitrogens is 1. The monoisotopic (exact) mass is 261 g/mol. The summed E-state index contributed by atoms with van der Waals surface area (Å²) in [6.07, 6.45) is -3.53. The molecule has 1 aliphatic rings. The summed E-state index contributed by atoms with van der Waals surface area (Å²) in [5.41, 5.74) is -0.749. The molecule has 2 atom stereocenters. The smallest absolute Gasteiger partial charge is 0.378 e. The molecule has 0 spiro atoms. The van der Waals surface area contributed by atoms with Crippen LogP contribution in [0.15, 0.2) is 18.3 Å². The first kappa shape index (κ1) is 13.1. The van der Waals surface area contributed by atoms with Crippen molar-refractivity contribution in [1.82, 2.24) is 10.3 Å². The molecule has 0 bridgehead atoms. The predicted molar refractivity (Wildman–Crippen MR) is 60.3 cm³/mol. The van der Waals surface area contributed by atoms with Crippen molar-refractivity contribution in [3.05, 3.63) is 23.9 Å². The van der Waals surface area contributed by atoms with Crippen LogP contribution in [-0.2, 0) is 10.9 Å². The fourth-order valence-corrected chi connectivity index (χ4v) is 1.88. The van der Waals surface area contributed by atoms with E-state index in [9.17, 15) is 13.2 Å². The van der Waals surface area contributed by atoms with Gasteiger partial charge in [-0.05, 0) is 12.1 Å². The molecule has 2 N–H and O–H groups in total. The maximum absolute atomic E-state index is 12.4. The van der Waals surface area contributed by atoms with E-state index in [-0.39, 0.29) is 12.1 Å². The lowest BCUT2D eigenvalue weighted by atomic mass is 10.2. The SMILES string of the molecule is CO[C@H]1CNCC1Nc1ccc(C(F)(F)F)cn1. The third-order valence-corrected chi connectivity index (χ3v) is 2.89. The van der Waals surface area contributed by atoms with Gasteiger partial charge in [0.15, 0.2) is 0 Å². The third kappa shape index (κ3) is 2.91. The van der Waals surface area contributed by atoms with Crippen molar-refractivity contribution in [3.63, 3.8) is 0 Å². The van der Waals surface area contributed by atoms with Gasteiger partial charge in [0.1, 0.15) is 5.82 Å². The Morgan fingerprint density at radius 3 is 2.72 bits per heavy atom. The Morgan fingerprint density at radius 1 is 1.39 bits per heavy atom. The fraction of sp³-hybridized carbons (Fsp3) is 0.545. The van der Waals surface area contributed by atoms with Crippen LogP contribution < -0.4 is 10.6 Å². The summed E-state index contributed by atoms with van der Waals surface area (Å²) in [6.45, 7) is 1.41. The van der Waals surface area contributed by atoms with E-state index in [1.807, 2.05) is 0 Å². The average molecular weight is 261 g/mol. The minimum Gasteiger partial charge on any atom is -0.378 e. The summed E-state index contributed by atoms with van der Waals surface area (Å²) < 4.78 is 42.3. The molecule has 1 aliphatic heterocycles. The Labute approximate surface area is 103 Å². The molecule has 0 saturated carbocycles. The molecule has 1 saturated heterocycles. The lowest BCUT2D eigenvalue weighted by Gasteiger charge is -2.19. The van der Waals surface area contributed by atoms with Gasteiger partial charge in [-0.3, -0.25) is 0 Å². The number of hydrogen-bond acceptors (Lipinski definition) is 4. The van der Waals surface area contributed by atoms with Gasteiger partial charge in [0.05, 0.1) is 17.7 Å². The zero-order valence-corrected chi connectivity index (χ0v) is 9.79. The highest BCUT2D eigenvalue weighted by Gasteiger charge is 2.31. The summed E-state index contributed by atoms with van der Waals surface area (Å²) in [6, 6.07) is 2.35. The number of nitrogens with one attached hydrogen (secondary N) is 2. The lowest BCUT2D eigenvalue weighted by Crippen LogP contribution is -2.33. The molecule has 18 heavy (non-hydrogen) atoms. The van der Waals surface area contributed by atoms with Gasteiger partial charge in [-0.25, -0.2) is 4.98 Å². The van der Waals surface area contributed by atoms with Crippen molar-refractivity contribution in [2.24, 2.45) is 0 Å². The summed E-state index contributed by atoms with van der Waals surface area (Å²) in [7, 11) is 1.60. The summed E-state index contributed by atoms with van der Waals surface area (Å²) in [4.78, 5) is 3.76. The highest BCUT2D eigenvalue weighted by Crippen LogP contribution is 2.29. The van der Waals surface area contributed by atoms with Crippen LogP contribution in [0.2, 0.25) is 0 Å². The van der Waals surface area contributed by atoms with Crippen molar-refractivity contribution < 1.29 is 17.9 Å². The molecule has 0 radical (unpaired) electrons. The number of rotatable bonds is 3. The molecule has 100 valence electrons. The van der Waals surface area contributed by atoms with Gasteiger partial charge >= 0.3 is 6.18 Å². The lowest BCUT2D eigenvalue weighted by molar-refractivity contribution is -0.137. The van der Waals surface area contributed by atoms with E-state index in [0.29, 0.717) is 12.4 Å². The molecule has 0 aromatic carbocycles. The second-order valence-electron chi connectivity index (χ2n) is 4.11. The van der Waals surface area contributed by atoms with Crippen LogP contribution in [0, 0.1) is 0 Å². The molecular formula is C11H14F3N3O. The fourth-order valence-electron chi connectivity index (χ4n) is 1.88. The van der Waals surface area contributed by atoms with E-state index in [0.717, 1.165) is 18.8 Å². The second-order valence-corrected chi connectivity index (χ2v) is 4.11. The zero-order valence-electron chi connectivity index (χ0n) is 9.79. The summed E-state index contributed by atoms with van der Waals surface area (Å²) in [5, 5.41) is 6.19. The van der Waals surface area contributed by atoms with Gasteiger partial charge in [-0.2, -0.15) is 13.2 Å². The minimum absolute atomic E-state index is 0.00547. The Morgan fingerprint density at radius 2 is 2.17 bits per heavy atom. The average Bonchev–Trinajstić information content (AvgIpc) is 2.76. The highest BCUT2D eigenvalue weighted by atomic mass is 19.4. The summed E-state index contributed by atoms with van der Waals surface area (Å²) in [5.74, 6) is 0.416. The number of ether oxygens (including phenoxy) is 1. The first-order valence-electron chi connectivity index (χ1n) is 5.54. The van der Waals surface area contributed by atoms with Crippen LogP contribution >= 0.6 is 0 Å². The number of hydrogen-bond donors (Lipinski definition) is 2. The van der Waals surface area contributed by atoms with Crippen molar-refractivity contribution in [2.75, 3.05) is 25.5 Å². The molecule has 2 rings (SSSR count). The molecule has 1 fully saturated rings. The molecule has 0 amide bonds. The topological polar surface area (TPSA) is 46.2 Å². The van der Waals surface area contributed by atoms with E-state index < -0.39 is 11.7 Å². The second kappa shape index (κ2) is 5.11. The third-order valence-electron chi connectivity index (χ3n) is 2.89. The first-order chi connectivity index (χ1) is 8.50. The zero-order chi connectivity index (χ0) is 13.2. The maximum Gasteiger partial charge on any atom is 0.417 e. The molecule has 1 aromatic rings. The Bertz CT molecular complexity index is 394. The number of nitrogens with zero attached hydrogens (tertiary/aromatic N) is 1. The predicted octanol–water partition coefficient (Wildman–Crippen LogP) is 1.50. The van der Waals surface area contributed by atoms with Crippen LogP contribution in [0.3, 0.4) is 0 Å². The molecular weight excluding hydrogens is 247 g/mol. The number of pyridine rings is 1. The Hall–Kier alpha value is -1.34. The first-order valence-corrected chi connectivity index (χ1v) is 5.54. The molecule has 0 aliphatic carbocycles. The highest BCUT2D eigenvalue weighted by molar-refractivity contribution is 5.38. The van der Waals surface area contributed by atoms with Crippen LogP contribution in [-0.4, -0.2) is 37.3 Å². The Balaban J connectivity index is 2.02. The molecule has 7 heteroatoms. The van der Waals surface area contributed by atoms with Crippen molar-refractivity contribution in [3.8, 4) is 0 Å². The maximum atomic E-state index is 12.4. The van der Waals surface area contributed by atoms with Gasteiger partial charge in [0.2, 0.25) is 0 Å². The van der Waals surface area contributed by atoms with Crippen LogP contribution in [0.25, 0.3) is 0 Å². The van der Waals surface area contributed by atoms with Crippen LogP contribution in [0.5, 0.6) is 0 Å². The van der Waals surface area contributed by atoms with E-state index in [4.69, 9.17) is 4.74 Å². The van der Waals surface area contributed by atoms with E-state index in [1.165, 1.54) is 6.07 Å². The summed E-state index contributed by atoms with van der Waals surface area (Å²) >= 11 is 0. The van der Waals surface area contributed by atoms with E-state index in [1.54, 1.807) is 7.11 Å². The number of halogens is 3. The van der Waals surface area contributed by atoms with Gasteiger partial charge in [-0.1, -0.05) is 0 Å². The molecule has 4 nitrogen and oxygen atoms in total. The number of anilines is 1. The van der Waals surface area contributed by atoms with Crippen LogP contribution in [0.4, 0.5) is 19.0 Å². The van der Waals surface area contributed by atoms with Crippen LogP contribution in [0.1, 0.15) is 5.56 Å². The molecule has 1 aromatic heterocycles. The Kier molecular flexibility index (Phi) is 3.72. The van der Waals surface area contributed by atoms with Gasteiger partial charge < -0.3 is 15.4 Å². The van der Waals surface area contributed by atoms with Crippen molar-refractivity contribution in [1.29, 1.82) is 0 Å². The van der Waals surface area contributed by atoms with Gasteiger partial charge in [0.25, 0.3) is 0 Å². The molecule has 2 heterocycles. The van der Waals surface area contributed by atoms with Crippen molar-refractivity contribution >= 4 is 5.82 Å². The van der Waals surface area contributed by atoms with Gasteiger partial charge in [0, 0.05) is 26.4 Å². The quantitative estimate of drug-likeness (QED) is 0.865. The molecule has 1 unspecified atom stereocenters. The number of alkyl halides is 3. The normalized spacial score (nSPS) is 24.2.